The lowest BCUT2D eigenvalue weighted by Crippen LogP contribution is -2.46. The fraction of sp³-hybridized carbons (Fsp3) is 0.444. The molecule has 140 valence electrons. The largest absolute Gasteiger partial charge is 0.480 e. The van der Waals surface area contributed by atoms with Crippen molar-refractivity contribution in [2.45, 2.75) is 39.2 Å². The van der Waals surface area contributed by atoms with E-state index in [2.05, 4.69) is 10.4 Å². The molecule has 8 nitrogen and oxygen atoms in total. The Bertz CT molecular complexity index is 744. The van der Waals surface area contributed by atoms with Crippen molar-refractivity contribution in [2.24, 2.45) is 5.10 Å². The first-order valence-electron chi connectivity index (χ1n) is 8.33. The Morgan fingerprint density at radius 3 is 2.73 bits per heavy atom. The zero-order chi connectivity index (χ0) is 19.3. The van der Waals surface area contributed by atoms with Gasteiger partial charge in [0.05, 0.1) is 5.69 Å². The van der Waals surface area contributed by atoms with E-state index in [-0.39, 0.29) is 37.5 Å². The van der Waals surface area contributed by atoms with Gasteiger partial charge in [0, 0.05) is 33.0 Å². The van der Waals surface area contributed by atoms with Crippen LogP contribution in [0.5, 0.6) is 0 Å². The Morgan fingerprint density at radius 2 is 2.08 bits per heavy atom. The van der Waals surface area contributed by atoms with Crippen molar-refractivity contribution in [3.8, 4) is 0 Å². The van der Waals surface area contributed by atoms with Crippen LogP contribution in [0.1, 0.15) is 30.4 Å². The Labute approximate surface area is 151 Å². The monoisotopic (exact) mass is 361 g/mol. The second kappa shape index (κ2) is 8.57. The number of methoxy groups -OCH3 is 1. The normalized spacial score (nSPS) is 15.4. The van der Waals surface area contributed by atoms with Crippen LogP contribution >= 0.6 is 0 Å². The van der Waals surface area contributed by atoms with Crippen LogP contribution in [0.15, 0.2) is 23.3 Å². The number of hydrazone groups is 1. The van der Waals surface area contributed by atoms with Gasteiger partial charge >= 0.3 is 5.97 Å². The Kier molecular flexibility index (Phi) is 6.46. The summed E-state index contributed by atoms with van der Waals surface area (Å²) in [6, 6.07) is 4.57. The molecule has 0 spiro atoms. The van der Waals surface area contributed by atoms with Gasteiger partial charge in [-0.25, -0.2) is 9.80 Å². The predicted molar refractivity (Wildman–Crippen MR) is 96.1 cm³/mol. The summed E-state index contributed by atoms with van der Waals surface area (Å²) in [7, 11) is 1.46. The summed E-state index contributed by atoms with van der Waals surface area (Å²) in [5.41, 5.74) is 2.58. The number of aliphatic carboxylic acids is 1. The molecule has 1 unspecified atom stereocenters. The number of benzene rings is 1. The highest BCUT2D eigenvalue weighted by Gasteiger charge is 2.29. The molecule has 1 aliphatic heterocycles. The van der Waals surface area contributed by atoms with Gasteiger partial charge in [-0.1, -0.05) is 12.1 Å². The van der Waals surface area contributed by atoms with Gasteiger partial charge in [-0.2, -0.15) is 5.10 Å². The molecule has 2 rings (SSSR count). The fourth-order valence-corrected chi connectivity index (χ4v) is 2.59. The molecule has 0 bridgehead atoms. The lowest BCUT2D eigenvalue weighted by molar-refractivity contribution is -0.141. The third-order valence-electron chi connectivity index (χ3n) is 4.10. The Balaban J connectivity index is 2.23. The second-order valence-electron chi connectivity index (χ2n) is 6.19. The number of hydrogen-bond donors (Lipinski definition) is 2. The van der Waals surface area contributed by atoms with E-state index in [1.807, 2.05) is 32.0 Å². The molecule has 0 aromatic heterocycles. The Morgan fingerprint density at radius 1 is 1.35 bits per heavy atom. The molecule has 0 aliphatic carbocycles. The van der Waals surface area contributed by atoms with Gasteiger partial charge in [0.25, 0.3) is 5.91 Å². The second-order valence-corrected chi connectivity index (χ2v) is 6.19. The SMILES string of the molecule is COCCC(NC(=O)C1=NN(c2cc(C)ccc2C)C(=O)CC1)C(=O)O. The molecule has 1 atom stereocenters. The van der Waals surface area contributed by atoms with Crippen LogP contribution in [0, 0.1) is 13.8 Å². The Hall–Kier alpha value is -2.74. The maximum atomic E-state index is 12.4. The summed E-state index contributed by atoms with van der Waals surface area (Å²) < 4.78 is 4.87. The number of carboxylic acids is 1. The molecule has 0 radical (unpaired) electrons. The highest BCUT2D eigenvalue weighted by molar-refractivity contribution is 6.40. The third-order valence-corrected chi connectivity index (χ3v) is 4.10. The van der Waals surface area contributed by atoms with E-state index >= 15 is 0 Å². The van der Waals surface area contributed by atoms with Crippen molar-refractivity contribution in [1.82, 2.24) is 5.32 Å². The molecular formula is C18H23N3O5. The van der Waals surface area contributed by atoms with Gasteiger partial charge in [0.1, 0.15) is 11.8 Å². The van der Waals surface area contributed by atoms with Gasteiger partial charge in [-0.05, 0) is 31.0 Å². The number of rotatable bonds is 7. The zero-order valence-electron chi connectivity index (χ0n) is 15.1. The number of carboxylic acid groups (broad SMARTS) is 1. The zero-order valence-corrected chi connectivity index (χ0v) is 15.1. The van der Waals surface area contributed by atoms with E-state index in [1.54, 1.807) is 0 Å². The summed E-state index contributed by atoms with van der Waals surface area (Å²) in [5, 5.41) is 17.1. The number of ether oxygens (including phenoxy) is 1. The molecular weight excluding hydrogens is 338 g/mol. The molecule has 0 fully saturated rings. The molecule has 2 amide bonds. The highest BCUT2D eigenvalue weighted by atomic mass is 16.5. The van der Waals surface area contributed by atoms with Gasteiger partial charge < -0.3 is 15.2 Å². The van der Waals surface area contributed by atoms with Crippen molar-refractivity contribution >= 4 is 29.2 Å². The minimum Gasteiger partial charge on any atom is -0.480 e. The number of nitrogens with one attached hydrogen (secondary N) is 1. The number of anilines is 1. The molecule has 1 aliphatic rings. The van der Waals surface area contributed by atoms with Gasteiger partial charge in [-0.3, -0.25) is 9.59 Å². The van der Waals surface area contributed by atoms with E-state index in [9.17, 15) is 19.5 Å². The summed E-state index contributed by atoms with van der Waals surface area (Å²) in [6.07, 6.45) is 0.447. The first-order chi connectivity index (χ1) is 12.3. The standard InChI is InChI=1S/C18H23N3O5/c1-11-4-5-12(2)15(10-11)21-16(22)7-6-13(20-21)17(23)19-14(18(24)25)8-9-26-3/h4-5,10,14H,6-9H2,1-3H3,(H,19,23)(H,24,25). The summed E-state index contributed by atoms with van der Waals surface area (Å²) >= 11 is 0. The summed E-state index contributed by atoms with van der Waals surface area (Å²) in [4.78, 5) is 36.0. The molecule has 2 N–H and O–H groups in total. The van der Waals surface area contributed by atoms with Crippen molar-refractivity contribution in [3.63, 3.8) is 0 Å². The van der Waals surface area contributed by atoms with Crippen LogP contribution in [-0.4, -0.2) is 48.4 Å². The molecule has 8 heteroatoms. The van der Waals surface area contributed by atoms with Crippen LogP contribution < -0.4 is 10.3 Å². The molecule has 1 aromatic rings. The number of aryl methyl sites for hydroxylation is 2. The quantitative estimate of drug-likeness (QED) is 0.763. The van der Waals surface area contributed by atoms with Crippen LogP contribution in [-0.2, 0) is 19.1 Å². The fourth-order valence-electron chi connectivity index (χ4n) is 2.59. The average Bonchev–Trinajstić information content (AvgIpc) is 2.60. The number of amides is 2. The first kappa shape index (κ1) is 19.6. The van der Waals surface area contributed by atoms with Gasteiger partial charge in [-0.15, -0.1) is 0 Å². The minimum absolute atomic E-state index is 0.133. The van der Waals surface area contributed by atoms with E-state index in [0.29, 0.717) is 5.69 Å². The van der Waals surface area contributed by atoms with Crippen LogP contribution in [0.4, 0.5) is 5.69 Å². The average molecular weight is 361 g/mol. The topological polar surface area (TPSA) is 108 Å². The molecule has 1 heterocycles. The number of nitrogens with zero attached hydrogens (tertiary/aromatic N) is 2. The lowest BCUT2D eigenvalue weighted by atomic mass is 10.1. The van der Waals surface area contributed by atoms with Gasteiger partial charge in [0.2, 0.25) is 5.91 Å². The number of carbonyl (C=O) groups is 3. The van der Waals surface area contributed by atoms with Crippen molar-refractivity contribution in [1.29, 1.82) is 0 Å². The smallest absolute Gasteiger partial charge is 0.326 e. The first-order valence-corrected chi connectivity index (χ1v) is 8.33. The van der Waals surface area contributed by atoms with Crippen LogP contribution in [0.25, 0.3) is 0 Å². The maximum absolute atomic E-state index is 12.4. The molecule has 0 saturated heterocycles. The van der Waals surface area contributed by atoms with E-state index < -0.39 is 17.9 Å². The number of hydrogen-bond acceptors (Lipinski definition) is 5. The third kappa shape index (κ3) is 4.66. The van der Waals surface area contributed by atoms with Gasteiger partial charge in [0.15, 0.2) is 0 Å². The summed E-state index contributed by atoms with van der Waals surface area (Å²) in [6.45, 7) is 3.97. The molecule has 0 saturated carbocycles. The minimum atomic E-state index is -1.14. The van der Waals surface area contributed by atoms with E-state index in [0.717, 1.165) is 11.1 Å². The highest BCUT2D eigenvalue weighted by Crippen LogP contribution is 2.25. The predicted octanol–water partition coefficient (Wildman–Crippen LogP) is 1.39. The van der Waals surface area contributed by atoms with Crippen LogP contribution in [0.3, 0.4) is 0 Å². The molecule has 1 aromatic carbocycles. The number of carbonyl (C=O) groups excluding carboxylic acids is 2. The summed E-state index contributed by atoms with van der Waals surface area (Å²) in [5.74, 6) is -1.94. The van der Waals surface area contributed by atoms with E-state index in [1.165, 1.54) is 12.1 Å². The van der Waals surface area contributed by atoms with Crippen molar-refractivity contribution in [2.75, 3.05) is 18.7 Å². The maximum Gasteiger partial charge on any atom is 0.326 e. The van der Waals surface area contributed by atoms with Crippen LogP contribution in [0.2, 0.25) is 0 Å². The molecule has 26 heavy (non-hydrogen) atoms. The van der Waals surface area contributed by atoms with Crippen molar-refractivity contribution in [3.05, 3.63) is 29.3 Å². The van der Waals surface area contributed by atoms with Crippen molar-refractivity contribution < 1.29 is 24.2 Å². The lowest BCUT2D eigenvalue weighted by Gasteiger charge is -2.25. The van der Waals surface area contributed by atoms with E-state index in [4.69, 9.17) is 4.74 Å².